The van der Waals surface area contributed by atoms with Gasteiger partial charge in [-0.05, 0) is 48.9 Å². The largest absolute Gasteiger partial charge is 0.370 e. The SMILES string of the molecule is Cc1ccccc1CNC(=O)c1ccc(N2CCC(C)CC2)cn1. The van der Waals surface area contributed by atoms with E-state index in [4.69, 9.17) is 0 Å². The van der Waals surface area contributed by atoms with E-state index in [0.29, 0.717) is 12.2 Å². The second-order valence-electron chi connectivity index (χ2n) is 6.68. The van der Waals surface area contributed by atoms with Crippen molar-refractivity contribution in [1.29, 1.82) is 0 Å². The lowest BCUT2D eigenvalue weighted by atomic mass is 9.99. The first-order valence-electron chi connectivity index (χ1n) is 8.67. The fourth-order valence-electron chi connectivity index (χ4n) is 3.05. The second-order valence-corrected chi connectivity index (χ2v) is 6.68. The van der Waals surface area contributed by atoms with Crippen molar-refractivity contribution in [3.63, 3.8) is 0 Å². The van der Waals surface area contributed by atoms with Gasteiger partial charge in [0, 0.05) is 19.6 Å². The van der Waals surface area contributed by atoms with E-state index in [-0.39, 0.29) is 5.91 Å². The molecule has 2 aromatic rings. The highest BCUT2D eigenvalue weighted by Crippen LogP contribution is 2.22. The second kappa shape index (κ2) is 7.47. The molecule has 0 saturated carbocycles. The number of rotatable bonds is 4. The third-order valence-corrected chi connectivity index (χ3v) is 4.83. The number of benzene rings is 1. The maximum atomic E-state index is 12.3. The molecule has 1 aromatic heterocycles. The minimum atomic E-state index is -0.128. The smallest absolute Gasteiger partial charge is 0.270 e. The van der Waals surface area contributed by atoms with Gasteiger partial charge in [-0.25, -0.2) is 4.98 Å². The fourth-order valence-corrected chi connectivity index (χ4v) is 3.05. The highest BCUT2D eigenvalue weighted by atomic mass is 16.1. The van der Waals surface area contributed by atoms with Crippen LogP contribution in [0.1, 0.15) is 41.4 Å². The Balaban J connectivity index is 1.59. The molecule has 0 atom stereocenters. The van der Waals surface area contributed by atoms with Crippen molar-refractivity contribution in [3.05, 3.63) is 59.4 Å². The first-order chi connectivity index (χ1) is 11.6. The minimum absolute atomic E-state index is 0.128. The third-order valence-electron chi connectivity index (χ3n) is 4.83. The van der Waals surface area contributed by atoms with Gasteiger partial charge in [-0.3, -0.25) is 4.79 Å². The van der Waals surface area contributed by atoms with Crippen LogP contribution in [-0.4, -0.2) is 24.0 Å². The summed E-state index contributed by atoms with van der Waals surface area (Å²) in [6, 6.07) is 11.9. The highest BCUT2D eigenvalue weighted by Gasteiger charge is 2.16. The molecule has 4 heteroatoms. The summed E-state index contributed by atoms with van der Waals surface area (Å²) in [6.07, 6.45) is 4.26. The molecular weight excluding hydrogens is 298 g/mol. The average Bonchev–Trinajstić information content (AvgIpc) is 2.62. The van der Waals surface area contributed by atoms with Crippen LogP contribution in [0.3, 0.4) is 0 Å². The van der Waals surface area contributed by atoms with Crippen molar-refractivity contribution >= 4 is 11.6 Å². The maximum absolute atomic E-state index is 12.3. The van der Waals surface area contributed by atoms with Gasteiger partial charge in [0.25, 0.3) is 5.91 Å². The Morgan fingerprint density at radius 3 is 2.62 bits per heavy atom. The summed E-state index contributed by atoms with van der Waals surface area (Å²) in [4.78, 5) is 19.0. The number of nitrogens with zero attached hydrogens (tertiary/aromatic N) is 2. The molecule has 0 aliphatic carbocycles. The number of carbonyl (C=O) groups excluding carboxylic acids is 1. The Hall–Kier alpha value is -2.36. The predicted molar refractivity (Wildman–Crippen MR) is 97.2 cm³/mol. The molecule has 1 aliphatic rings. The molecule has 1 N–H and O–H groups in total. The normalized spacial score (nSPS) is 15.3. The predicted octanol–water partition coefficient (Wildman–Crippen LogP) is 3.56. The third kappa shape index (κ3) is 3.94. The van der Waals surface area contributed by atoms with Gasteiger partial charge in [0.05, 0.1) is 11.9 Å². The molecule has 1 aromatic carbocycles. The summed E-state index contributed by atoms with van der Waals surface area (Å²) in [5, 5.41) is 2.95. The van der Waals surface area contributed by atoms with Gasteiger partial charge in [0.1, 0.15) is 5.69 Å². The van der Waals surface area contributed by atoms with Gasteiger partial charge in [-0.2, -0.15) is 0 Å². The number of pyridine rings is 1. The number of aryl methyl sites for hydroxylation is 1. The summed E-state index contributed by atoms with van der Waals surface area (Å²) >= 11 is 0. The van der Waals surface area contributed by atoms with Gasteiger partial charge < -0.3 is 10.2 Å². The van der Waals surface area contributed by atoms with Gasteiger partial charge in [-0.1, -0.05) is 31.2 Å². The Kier molecular flexibility index (Phi) is 5.14. The molecule has 4 nitrogen and oxygen atoms in total. The lowest BCUT2D eigenvalue weighted by molar-refractivity contribution is 0.0946. The van der Waals surface area contributed by atoms with Crippen LogP contribution in [0, 0.1) is 12.8 Å². The number of piperidine rings is 1. The lowest BCUT2D eigenvalue weighted by Gasteiger charge is -2.31. The topological polar surface area (TPSA) is 45.2 Å². The van der Waals surface area contributed by atoms with Crippen LogP contribution in [-0.2, 0) is 6.54 Å². The zero-order valence-corrected chi connectivity index (χ0v) is 14.5. The van der Waals surface area contributed by atoms with E-state index in [2.05, 4.69) is 22.1 Å². The molecule has 0 bridgehead atoms. The maximum Gasteiger partial charge on any atom is 0.270 e. The monoisotopic (exact) mass is 323 g/mol. The van der Waals surface area contributed by atoms with E-state index in [1.165, 1.54) is 18.4 Å². The van der Waals surface area contributed by atoms with E-state index in [9.17, 15) is 4.79 Å². The molecule has 24 heavy (non-hydrogen) atoms. The van der Waals surface area contributed by atoms with E-state index in [1.807, 2.05) is 49.5 Å². The number of amides is 1. The van der Waals surface area contributed by atoms with Crippen molar-refractivity contribution in [2.24, 2.45) is 5.92 Å². The van der Waals surface area contributed by atoms with E-state index in [1.54, 1.807) is 0 Å². The molecule has 1 fully saturated rings. The van der Waals surface area contributed by atoms with Crippen molar-refractivity contribution in [1.82, 2.24) is 10.3 Å². The molecule has 0 spiro atoms. The zero-order valence-electron chi connectivity index (χ0n) is 14.5. The van der Waals surface area contributed by atoms with Crippen molar-refractivity contribution in [2.75, 3.05) is 18.0 Å². The fraction of sp³-hybridized carbons (Fsp3) is 0.400. The Bertz CT molecular complexity index is 688. The number of aromatic nitrogens is 1. The molecule has 1 amide bonds. The first kappa shape index (κ1) is 16.5. The van der Waals surface area contributed by atoms with Gasteiger partial charge in [0.2, 0.25) is 0 Å². The number of hydrogen-bond donors (Lipinski definition) is 1. The van der Waals surface area contributed by atoms with E-state index in [0.717, 1.165) is 30.3 Å². The zero-order chi connectivity index (χ0) is 16.9. The summed E-state index contributed by atoms with van der Waals surface area (Å²) in [5.74, 6) is 0.678. The molecule has 2 heterocycles. The van der Waals surface area contributed by atoms with Crippen molar-refractivity contribution in [3.8, 4) is 0 Å². The van der Waals surface area contributed by atoms with Crippen LogP contribution in [0.4, 0.5) is 5.69 Å². The Morgan fingerprint density at radius 1 is 1.21 bits per heavy atom. The van der Waals surface area contributed by atoms with Gasteiger partial charge >= 0.3 is 0 Å². The van der Waals surface area contributed by atoms with E-state index >= 15 is 0 Å². The Morgan fingerprint density at radius 2 is 1.96 bits per heavy atom. The molecule has 3 rings (SSSR count). The van der Waals surface area contributed by atoms with Crippen molar-refractivity contribution in [2.45, 2.75) is 33.2 Å². The van der Waals surface area contributed by atoms with Crippen LogP contribution in [0.15, 0.2) is 42.6 Å². The van der Waals surface area contributed by atoms with Crippen LogP contribution in [0.25, 0.3) is 0 Å². The van der Waals surface area contributed by atoms with Crippen molar-refractivity contribution < 1.29 is 4.79 Å². The summed E-state index contributed by atoms with van der Waals surface area (Å²) in [5.41, 5.74) is 3.89. The Labute approximate surface area is 143 Å². The van der Waals surface area contributed by atoms with Crippen LogP contribution < -0.4 is 10.2 Å². The molecule has 126 valence electrons. The van der Waals surface area contributed by atoms with Gasteiger partial charge in [0.15, 0.2) is 0 Å². The highest BCUT2D eigenvalue weighted by molar-refractivity contribution is 5.92. The molecule has 0 radical (unpaired) electrons. The minimum Gasteiger partial charge on any atom is -0.370 e. The average molecular weight is 323 g/mol. The van der Waals surface area contributed by atoms with Crippen LogP contribution >= 0.6 is 0 Å². The van der Waals surface area contributed by atoms with Crippen LogP contribution in [0.5, 0.6) is 0 Å². The quantitative estimate of drug-likeness (QED) is 0.936. The van der Waals surface area contributed by atoms with Gasteiger partial charge in [-0.15, -0.1) is 0 Å². The summed E-state index contributed by atoms with van der Waals surface area (Å²) in [7, 11) is 0. The summed E-state index contributed by atoms with van der Waals surface area (Å²) < 4.78 is 0. The number of anilines is 1. The first-order valence-corrected chi connectivity index (χ1v) is 8.67. The standard InChI is InChI=1S/C20H25N3O/c1-15-9-11-23(12-10-15)18-7-8-19(21-14-18)20(24)22-13-17-6-4-3-5-16(17)2/h3-8,14-15H,9-13H2,1-2H3,(H,22,24). The number of hydrogen-bond acceptors (Lipinski definition) is 3. The molecule has 1 aliphatic heterocycles. The summed E-state index contributed by atoms with van der Waals surface area (Å²) in [6.45, 7) is 7.02. The molecule has 1 saturated heterocycles. The molecule has 0 unspecified atom stereocenters. The van der Waals surface area contributed by atoms with Crippen LogP contribution in [0.2, 0.25) is 0 Å². The lowest BCUT2D eigenvalue weighted by Crippen LogP contribution is -2.33. The number of nitrogens with one attached hydrogen (secondary N) is 1. The van der Waals surface area contributed by atoms with E-state index < -0.39 is 0 Å². The molecular formula is C20H25N3O. The number of carbonyl (C=O) groups is 1.